The zero-order valence-electron chi connectivity index (χ0n) is 10.4. The van der Waals surface area contributed by atoms with Gasteiger partial charge >= 0.3 is 0 Å². The lowest BCUT2D eigenvalue weighted by molar-refractivity contribution is -0.0321. The Bertz CT molecular complexity index is 206. The normalized spacial score (nSPS) is 25.7. The molecule has 0 radical (unpaired) electrons. The largest absolute Gasteiger partial charge is 0.376 e. The summed E-state index contributed by atoms with van der Waals surface area (Å²) in [6.07, 6.45) is 3.83. The first kappa shape index (κ1) is 13.2. The third-order valence-corrected chi connectivity index (χ3v) is 3.57. The topological polar surface area (TPSA) is 12.5 Å². The van der Waals surface area contributed by atoms with Crippen LogP contribution in [-0.4, -0.2) is 55.1 Å². The summed E-state index contributed by atoms with van der Waals surface area (Å²) in [6.45, 7) is 8.91. The van der Waals surface area contributed by atoms with Gasteiger partial charge in [-0.3, -0.25) is 4.90 Å². The Morgan fingerprint density at radius 2 is 2.27 bits per heavy atom. The highest BCUT2D eigenvalue weighted by Crippen LogP contribution is 2.14. The molecule has 1 fully saturated rings. The van der Waals surface area contributed by atoms with Gasteiger partial charge in [0.05, 0.1) is 12.7 Å². The Kier molecular flexibility index (Phi) is 5.87. The van der Waals surface area contributed by atoms with E-state index >= 15 is 0 Å². The molecule has 1 heterocycles. The molecule has 0 aromatic carbocycles. The van der Waals surface area contributed by atoms with E-state index in [9.17, 15) is 0 Å². The van der Waals surface area contributed by atoms with Crippen molar-refractivity contribution in [1.82, 2.24) is 4.90 Å². The molecule has 2 nitrogen and oxygen atoms in total. The Labute approximate surface area is 96.9 Å². The van der Waals surface area contributed by atoms with Crippen molar-refractivity contribution in [1.29, 1.82) is 0 Å². The maximum atomic E-state index is 5.78. The number of hydrogen-bond acceptors (Lipinski definition) is 2. The summed E-state index contributed by atoms with van der Waals surface area (Å²) >= 11 is 0. The van der Waals surface area contributed by atoms with Crippen LogP contribution in [-0.2, 0) is 4.74 Å². The number of hydrogen-bond donors (Lipinski definition) is 0. The van der Waals surface area contributed by atoms with Crippen LogP contribution in [0.15, 0.2) is 0 Å². The zero-order chi connectivity index (χ0) is 11.3. The molecule has 0 aromatic rings. The van der Waals surface area contributed by atoms with Gasteiger partial charge in [0.2, 0.25) is 0 Å². The van der Waals surface area contributed by atoms with Gasteiger partial charge in [-0.1, -0.05) is 19.7 Å². The fraction of sp³-hybridized carbons (Fsp3) is 0.917. The fourth-order valence-corrected chi connectivity index (χ4v) is 2.64. The van der Waals surface area contributed by atoms with Crippen molar-refractivity contribution in [2.75, 3.05) is 38.2 Å². The lowest BCUT2D eigenvalue weighted by Gasteiger charge is -2.34. The van der Waals surface area contributed by atoms with Crippen molar-refractivity contribution in [3.63, 3.8) is 0 Å². The standard InChI is InChI=1S/C12H25NOS/c1-11(2)9-13-6-7-14-12(10-13)5-8-15(3)4/h11-12H,3,5-10H2,1-2,4H3/t12-,15?/m1/s1. The van der Waals surface area contributed by atoms with Gasteiger partial charge in [-0.15, -0.1) is 0 Å². The molecule has 90 valence electrons. The van der Waals surface area contributed by atoms with Gasteiger partial charge in [-0.05, 0) is 24.3 Å². The van der Waals surface area contributed by atoms with E-state index in [1.54, 1.807) is 0 Å². The average molecular weight is 231 g/mol. The van der Waals surface area contributed by atoms with Gasteiger partial charge in [0, 0.05) is 19.6 Å². The fourth-order valence-electron chi connectivity index (χ4n) is 1.97. The highest BCUT2D eigenvalue weighted by Gasteiger charge is 2.20. The molecule has 0 saturated carbocycles. The van der Waals surface area contributed by atoms with Gasteiger partial charge in [-0.2, -0.15) is 10.5 Å². The molecule has 0 bridgehead atoms. The van der Waals surface area contributed by atoms with Crippen LogP contribution < -0.4 is 0 Å². The predicted octanol–water partition coefficient (Wildman–Crippen LogP) is 2.06. The van der Waals surface area contributed by atoms with E-state index in [4.69, 9.17) is 4.74 Å². The van der Waals surface area contributed by atoms with E-state index in [1.807, 2.05) is 0 Å². The van der Waals surface area contributed by atoms with Crippen LogP contribution in [0.5, 0.6) is 0 Å². The van der Waals surface area contributed by atoms with Crippen LogP contribution in [0.4, 0.5) is 0 Å². The highest BCUT2D eigenvalue weighted by molar-refractivity contribution is 8.13. The zero-order valence-corrected chi connectivity index (χ0v) is 11.2. The molecule has 1 unspecified atom stereocenters. The minimum Gasteiger partial charge on any atom is -0.376 e. The quantitative estimate of drug-likeness (QED) is 0.672. The smallest absolute Gasteiger partial charge is 0.0710 e. The van der Waals surface area contributed by atoms with E-state index in [0.29, 0.717) is 16.6 Å². The van der Waals surface area contributed by atoms with E-state index < -0.39 is 0 Å². The lowest BCUT2D eigenvalue weighted by atomic mass is 10.1. The van der Waals surface area contributed by atoms with Crippen molar-refractivity contribution in [2.45, 2.75) is 26.4 Å². The maximum Gasteiger partial charge on any atom is 0.0710 e. The summed E-state index contributed by atoms with van der Waals surface area (Å²) in [5.74, 6) is 6.02. The minimum atomic E-state index is 0.312. The molecule has 1 aliphatic rings. The van der Waals surface area contributed by atoms with Crippen molar-refractivity contribution in [3.05, 3.63) is 0 Å². The lowest BCUT2D eigenvalue weighted by Crippen LogP contribution is -2.44. The second-order valence-corrected chi connectivity index (χ2v) is 6.89. The first-order valence-corrected chi connectivity index (χ1v) is 7.81. The van der Waals surface area contributed by atoms with Crippen LogP contribution >= 0.6 is 10.5 Å². The first-order valence-electron chi connectivity index (χ1n) is 5.84. The molecular formula is C12H25NOS. The number of rotatable bonds is 5. The molecule has 0 spiro atoms. The molecule has 1 rings (SSSR count). The predicted molar refractivity (Wildman–Crippen MR) is 71.1 cm³/mol. The Morgan fingerprint density at radius 1 is 1.53 bits per heavy atom. The van der Waals surface area contributed by atoms with E-state index in [1.165, 1.54) is 18.7 Å². The molecule has 1 saturated heterocycles. The summed E-state index contributed by atoms with van der Waals surface area (Å²) in [7, 11) is 0.312. The molecule has 0 aromatic heterocycles. The van der Waals surface area contributed by atoms with Gasteiger partial charge in [0.1, 0.15) is 0 Å². The molecule has 3 heteroatoms. The third kappa shape index (κ3) is 5.69. The molecule has 1 aliphatic heterocycles. The number of morpholine rings is 1. The second kappa shape index (κ2) is 6.66. The van der Waals surface area contributed by atoms with Crippen LogP contribution in [0.2, 0.25) is 0 Å². The van der Waals surface area contributed by atoms with Gasteiger partial charge in [0.15, 0.2) is 0 Å². The summed E-state index contributed by atoms with van der Waals surface area (Å²) < 4.78 is 5.78. The third-order valence-electron chi connectivity index (χ3n) is 2.63. The molecule has 0 aliphatic carbocycles. The van der Waals surface area contributed by atoms with Crippen LogP contribution in [0, 0.1) is 5.92 Å². The van der Waals surface area contributed by atoms with E-state index in [2.05, 4.69) is 30.9 Å². The van der Waals surface area contributed by atoms with E-state index in [0.717, 1.165) is 25.6 Å². The van der Waals surface area contributed by atoms with Gasteiger partial charge in [0.25, 0.3) is 0 Å². The molecule has 0 amide bonds. The SMILES string of the molecule is C=S(C)CC[C@@H]1CN(CC(C)C)CCO1. The Balaban J connectivity index is 2.25. The van der Waals surface area contributed by atoms with Crippen LogP contribution in [0.25, 0.3) is 0 Å². The second-order valence-electron chi connectivity index (χ2n) is 4.92. The summed E-state index contributed by atoms with van der Waals surface area (Å²) in [5, 5.41) is 0. The summed E-state index contributed by atoms with van der Waals surface area (Å²) in [6, 6.07) is 0. The first-order chi connectivity index (χ1) is 7.08. The van der Waals surface area contributed by atoms with E-state index in [-0.39, 0.29) is 0 Å². The summed E-state index contributed by atoms with van der Waals surface area (Å²) in [4.78, 5) is 2.54. The number of ether oxygens (including phenoxy) is 1. The van der Waals surface area contributed by atoms with Crippen LogP contribution in [0.3, 0.4) is 0 Å². The Morgan fingerprint density at radius 3 is 2.87 bits per heavy atom. The molecule has 15 heavy (non-hydrogen) atoms. The number of nitrogens with zero attached hydrogens (tertiary/aromatic N) is 1. The average Bonchev–Trinajstić information content (AvgIpc) is 2.14. The van der Waals surface area contributed by atoms with Crippen molar-refractivity contribution >= 4 is 16.4 Å². The van der Waals surface area contributed by atoms with Crippen molar-refractivity contribution in [3.8, 4) is 0 Å². The molecule has 2 atom stereocenters. The Hall–Kier alpha value is 0.140. The maximum absolute atomic E-state index is 5.78. The van der Waals surface area contributed by atoms with Crippen LogP contribution in [0.1, 0.15) is 20.3 Å². The van der Waals surface area contributed by atoms with Gasteiger partial charge < -0.3 is 4.74 Å². The van der Waals surface area contributed by atoms with Gasteiger partial charge in [-0.25, -0.2) is 0 Å². The monoisotopic (exact) mass is 231 g/mol. The van der Waals surface area contributed by atoms with Crippen molar-refractivity contribution < 1.29 is 4.74 Å². The molecular weight excluding hydrogens is 206 g/mol. The van der Waals surface area contributed by atoms with Crippen molar-refractivity contribution in [2.24, 2.45) is 5.92 Å². The highest BCUT2D eigenvalue weighted by atomic mass is 32.2. The summed E-state index contributed by atoms with van der Waals surface area (Å²) in [5.41, 5.74) is 0. The molecule has 0 N–H and O–H groups in total. The minimum absolute atomic E-state index is 0.312.